The smallest absolute Gasteiger partial charge is 0.216 e. The van der Waals surface area contributed by atoms with Crippen molar-refractivity contribution in [3.63, 3.8) is 0 Å². The fraction of sp³-hybridized carbons (Fsp3) is 0.974. The van der Waals surface area contributed by atoms with Gasteiger partial charge in [-0.25, -0.2) is 0 Å². The second kappa shape index (κ2) is 31.2. The molecular weight excluding hydrogens is 588 g/mol. The van der Waals surface area contributed by atoms with E-state index < -0.39 is 0 Å². The fourth-order valence-electron chi connectivity index (χ4n) is 6.27. The Labute approximate surface area is 295 Å². The molecule has 0 rings (SSSR count). The molecule has 47 heavy (non-hydrogen) atoms. The van der Waals surface area contributed by atoms with E-state index in [0.29, 0.717) is 0 Å². The second-order valence-corrected chi connectivity index (χ2v) is 16.8. The van der Waals surface area contributed by atoms with E-state index >= 15 is 0 Å². The van der Waals surface area contributed by atoms with Gasteiger partial charge in [-0.1, -0.05) is 96.8 Å². The number of nitrogens with one attached hydrogen (secondary N) is 1. The molecule has 0 saturated heterocycles. The third kappa shape index (κ3) is 49.7. The number of carbonyl (C=O) groups excluding carboxylic acids is 1. The van der Waals surface area contributed by atoms with Gasteiger partial charge in [0.05, 0.1) is 62.4 Å². The third-order valence-corrected chi connectivity index (χ3v) is 8.26. The van der Waals surface area contributed by atoms with Gasteiger partial charge in [0.15, 0.2) is 0 Å². The lowest BCUT2D eigenvalue weighted by Gasteiger charge is -2.31. The summed E-state index contributed by atoms with van der Waals surface area (Å²) in [5.41, 5.74) is 0. The van der Waals surface area contributed by atoms with Crippen LogP contribution in [0.3, 0.4) is 0 Å². The molecule has 0 saturated carbocycles. The Kier molecular flexibility index (Phi) is 33.6. The summed E-state index contributed by atoms with van der Waals surface area (Å²) in [6.45, 7) is 14.6. The molecule has 8 nitrogen and oxygen atoms in total. The van der Waals surface area contributed by atoms with Crippen molar-refractivity contribution in [3.05, 3.63) is 0 Å². The van der Waals surface area contributed by atoms with E-state index in [9.17, 15) is 15.0 Å². The number of aliphatic hydroxyl groups excluding tert-OH is 3. The first-order valence-corrected chi connectivity index (χ1v) is 19.5. The van der Waals surface area contributed by atoms with Gasteiger partial charge in [-0.3, -0.25) is 4.79 Å². The maximum Gasteiger partial charge on any atom is 0.216 e. The number of carbonyl (C=O) groups is 1. The number of quaternary nitrogens is 3. The number of unbranched alkanes of at least 4 members (excludes halogenated alkanes) is 15. The summed E-state index contributed by atoms with van der Waals surface area (Å²) in [5.74, 6) is 0.0193. The van der Waals surface area contributed by atoms with Crippen LogP contribution in [0.2, 0.25) is 0 Å². The van der Waals surface area contributed by atoms with E-state index in [4.69, 9.17) is 5.11 Å². The van der Waals surface area contributed by atoms with Gasteiger partial charge in [0.2, 0.25) is 5.91 Å². The van der Waals surface area contributed by atoms with Crippen molar-refractivity contribution in [2.45, 2.75) is 162 Å². The number of hydrogen-bond acceptors (Lipinski definition) is 4. The lowest BCUT2D eigenvalue weighted by atomic mass is 10.0. The van der Waals surface area contributed by atoms with E-state index in [1.54, 1.807) is 6.92 Å². The molecule has 8 heteroatoms. The highest BCUT2D eigenvalue weighted by atomic mass is 16.3. The van der Waals surface area contributed by atoms with Crippen LogP contribution in [0.15, 0.2) is 0 Å². The molecular formula is C39H89N4O4+3. The van der Waals surface area contributed by atoms with E-state index in [1.807, 2.05) is 13.8 Å². The average Bonchev–Trinajstić information content (AvgIpc) is 2.88. The summed E-state index contributed by atoms with van der Waals surface area (Å²) in [4.78, 5) is 10.6. The zero-order chi connectivity index (χ0) is 36.8. The maximum atomic E-state index is 10.6. The van der Waals surface area contributed by atoms with Crippen molar-refractivity contribution in [1.29, 1.82) is 0 Å². The first kappa shape index (κ1) is 50.6. The van der Waals surface area contributed by atoms with Gasteiger partial charge in [0.25, 0.3) is 0 Å². The Morgan fingerprint density at radius 1 is 0.511 bits per heavy atom. The Morgan fingerprint density at radius 2 is 0.809 bits per heavy atom. The molecule has 0 bridgehead atoms. The minimum atomic E-state index is -0.272. The summed E-state index contributed by atoms with van der Waals surface area (Å²) in [5, 5.41) is 30.4. The minimum absolute atomic E-state index is 0.0193. The lowest BCUT2D eigenvalue weighted by Crippen LogP contribution is -2.46. The molecule has 3 atom stereocenters. The predicted octanol–water partition coefficient (Wildman–Crippen LogP) is 6.75. The van der Waals surface area contributed by atoms with E-state index in [0.717, 1.165) is 52.6 Å². The molecule has 0 fully saturated rings. The molecule has 1 amide bonds. The van der Waals surface area contributed by atoms with Crippen LogP contribution in [0.25, 0.3) is 0 Å². The Bertz CT molecular complexity index is 676. The van der Waals surface area contributed by atoms with Crippen molar-refractivity contribution in [2.24, 2.45) is 0 Å². The van der Waals surface area contributed by atoms with Gasteiger partial charge in [0, 0.05) is 19.9 Å². The van der Waals surface area contributed by atoms with Gasteiger partial charge in [0.1, 0.15) is 37.9 Å². The first-order valence-electron chi connectivity index (χ1n) is 19.5. The van der Waals surface area contributed by atoms with Gasteiger partial charge in [-0.05, 0) is 33.6 Å². The van der Waals surface area contributed by atoms with Crippen molar-refractivity contribution in [2.75, 3.05) is 88.6 Å². The number of amides is 1. The zero-order valence-electron chi connectivity index (χ0n) is 34.1. The van der Waals surface area contributed by atoms with Crippen LogP contribution in [-0.4, -0.2) is 142 Å². The van der Waals surface area contributed by atoms with Crippen LogP contribution in [0, 0.1) is 0 Å². The zero-order valence-corrected chi connectivity index (χ0v) is 34.1. The van der Waals surface area contributed by atoms with Gasteiger partial charge < -0.3 is 34.1 Å². The highest BCUT2D eigenvalue weighted by molar-refractivity contribution is 5.72. The van der Waals surface area contributed by atoms with Crippen LogP contribution in [-0.2, 0) is 4.79 Å². The van der Waals surface area contributed by atoms with Crippen molar-refractivity contribution >= 4 is 5.91 Å². The monoisotopic (exact) mass is 678 g/mol. The highest BCUT2D eigenvalue weighted by Crippen LogP contribution is 2.14. The number of aliphatic hydroxyl groups is 3. The highest BCUT2D eigenvalue weighted by Gasteiger charge is 2.18. The quantitative estimate of drug-likeness (QED) is 0.0573. The van der Waals surface area contributed by atoms with Gasteiger partial charge >= 0.3 is 0 Å². The predicted molar refractivity (Wildman–Crippen MR) is 204 cm³/mol. The summed E-state index contributed by atoms with van der Waals surface area (Å²) in [7, 11) is 14.8. The molecule has 0 aliphatic heterocycles. The Hall–Kier alpha value is -0.770. The van der Waals surface area contributed by atoms with Gasteiger partial charge in [-0.2, -0.15) is 0 Å². The molecule has 0 aromatic heterocycles. The first-order chi connectivity index (χ1) is 21.7. The molecule has 0 aromatic carbocycles. The van der Waals surface area contributed by atoms with E-state index in [-0.39, 0.29) is 24.2 Å². The van der Waals surface area contributed by atoms with Crippen molar-refractivity contribution in [3.8, 4) is 0 Å². The lowest BCUT2D eigenvalue weighted by molar-refractivity contribution is -0.893. The normalized spacial score (nSPS) is 13.9. The van der Waals surface area contributed by atoms with E-state index in [1.165, 1.54) is 116 Å². The molecule has 4 N–H and O–H groups in total. The minimum Gasteiger partial charge on any atom is -0.388 e. The molecule has 3 unspecified atom stereocenters. The number of nitrogens with zero attached hydrogens (tertiary/aromatic N) is 3. The van der Waals surface area contributed by atoms with Crippen LogP contribution in [0.4, 0.5) is 0 Å². The van der Waals surface area contributed by atoms with Crippen LogP contribution < -0.4 is 5.32 Å². The van der Waals surface area contributed by atoms with Crippen molar-refractivity contribution < 1.29 is 33.6 Å². The SMILES string of the molecule is CC(=O)NCCC[N+](C)(C)CC(C)O.CC(O)C[N+](C)(C)C.CCCCCCCCCCCCCCCCCC[N+](C)(C)CC(C)O. The van der Waals surface area contributed by atoms with E-state index in [2.05, 4.69) is 61.6 Å². The summed E-state index contributed by atoms with van der Waals surface area (Å²) in [6, 6.07) is 0. The number of likely N-dealkylation sites (N-methyl/N-ethyl adjacent to an activating group) is 3. The van der Waals surface area contributed by atoms with Crippen LogP contribution in [0.1, 0.15) is 144 Å². The molecule has 0 aliphatic carbocycles. The third-order valence-electron chi connectivity index (χ3n) is 8.26. The molecule has 286 valence electrons. The van der Waals surface area contributed by atoms with Crippen LogP contribution in [0.5, 0.6) is 0 Å². The number of rotatable bonds is 27. The second-order valence-electron chi connectivity index (χ2n) is 16.8. The van der Waals surface area contributed by atoms with Crippen LogP contribution >= 0.6 is 0 Å². The summed E-state index contributed by atoms with van der Waals surface area (Å²) in [6.07, 6.45) is 23.1. The Morgan fingerprint density at radius 3 is 1.06 bits per heavy atom. The molecule has 0 aliphatic rings. The molecule has 0 spiro atoms. The van der Waals surface area contributed by atoms with Crippen molar-refractivity contribution in [1.82, 2.24) is 5.32 Å². The summed E-state index contributed by atoms with van der Waals surface area (Å²) >= 11 is 0. The van der Waals surface area contributed by atoms with Gasteiger partial charge in [-0.15, -0.1) is 0 Å². The number of hydrogen-bond donors (Lipinski definition) is 4. The topological polar surface area (TPSA) is 89.8 Å². The standard InChI is InChI=1S/C23H50NO.C10H22N2O2.C6H16NO/c1-5-6-7-8-9-10-11-12-13-14-15-16-17-18-19-20-21-24(3,4)22-23(2)25;1-9(13)8-12(3,4)7-5-6-11-10(2)14;1-6(8)5-7(2,3)4/h23,25H,5-22H2,1-4H3;9,13H,5-8H2,1-4H3;6,8H,5H2,1-4H3/q+1;;+1/p+1. The molecule has 0 aromatic rings. The molecule has 0 heterocycles. The summed E-state index contributed by atoms with van der Waals surface area (Å²) < 4.78 is 2.57. The molecule has 0 radical (unpaired) electrons. The average molecular weight is 678 g/mol. The maximum absolute atomic E-state index is 10.6. The fourth-order valence-corrected chi connectivity index (χ4v) is 6.27. The Balaban J connectivity index is -0.000000732. The largest absolute Gasteiger partial charge is 0.388 e.